The Morgan fingerprint density at radius 3 is 1.38 bits per heavy atom. The van der Waals surface area contributed by atoms with E-state index < -0.39 is 0 Å². The molecule has 0 aliphatic heterocycles. The van der Waals surface area contributed by atoms with Crippen molar-refractivity contribution < 1.29 is 49.8 Å². The van der Waals surface area contributed by atoms with E-state index in [1.54, 1.807) is 0 Å². The molecule has 2 aromatic carbocycles. The third-order valence-corrected chi connectivity index (χ3v) is 2.01. The average Bonchev–Trinajstić information content (AvgIpc) is 2.30. The molecule has 0 atom stereocenters. The smallest absolute Gasteiger partial charge is 1.00 e. The minimum atomic E-state index is 0. The third-order valence-electron chi connectivity index (χ3n) is 2.01. The Hall–Kier alpha value is 0.297. The molecule has 0 heterocycles. The van der Waals surface area contributed by atoms with Gasteiger partial charge in [0.1, 0.15) is 0 Å². The molecule has 0 fully saturated rings. The molecule has 16 heavy (non-hydrogen) atoms. The molecular weight excluding hydrogens is 198 g/mol. The number of rotatable bonds is 1. The molecule has 0 saturated carbocycles. The number of hydrogen-bond donors (Lipinski definition) is 0. The van der Waals surface area contributed by atoms with Crippen molar-refractivity contribution in [2.75, 3.05) is 0 Å². The van der Waals surface area contributed by atoms with Crippen LogP contribution in [0.4, 0.5) is 0 Å². The molecule has 0 nitrogen and oxygen atoms in total. The number of hydrogen-bond acceptors (Lipinski definition) is 0. The summed E-state index contributed by atoms with van der Waals surface area (Å²) >= 11 is 0. The average molecular weight is 216 g/mol. The Morgan fingerprint density at radius 1 is 0.938 bits per heavy atom. The SMILES string of the molecule is [CH2-]CCC.[H-].[Li+].[Na+].c1ccc2ccccc2c1. The van der Waals surface area contributed by atoms with Gasteiger partial charge in [0.05, 0.1) is 0 Å². The van der Waals surface area contributed by atoms with Gasteiger partial charge in [0.2, 0.25) is 0 Å². The summed E-state index contributed by atoms with van der Waals surface area (Å²) in [6.45, 7) is 5.72. The van der Waals surface area contributed by atoms with Gasteiger partial charge in [-0.25, -0.2) is 0 Å². The second-order valence-electron chi connectivity index (χ2n) is 3.20. The molecule has 2 rings (SSSR count). The van der Waals surface area contributed by atoms with Crippen LogP contribution in [0.1, 0.15) is 21.2 Å². The van der Waals surface area contributed by atoms with Crippen molar-refractivity contribution in [1.82, 2.24) is 0 Å². The first kappa shape index (κ1) is 18.7. The normalized spacial score (nSPS) is 8.12. The van der Waals surface area contributed by atoms with Gasteiger partial charge in [-0.1, -0.05) is 61.9 Å². The van der Waals surface area contributed by atoms with E-state index in [1.165, 1.54) is 17.2 Å². The van der Waals surface area contributed by atoms with Gasteiger partial charge in [-0.15, -0.1) is 0 Å². The van der Waals surface area contributed by atoms with Gasteiger partial charge in [-0.3, -0.25) is 0 Å². The quantitative estimate of drug-likeness (QED) is 0.405. The van der Waals surface area contributed by atoms with Gasteiger partial charge >= 0.3 is 48.4 Å². The summed E-state index contributed by atoms with van der Waals surface area (Å²) < 4.78 is 0. The van der Waals surface area contributed by atoms with Gasteiger partial charge in [0.15, 0.2) is 0 Å². The number of unbranched alkanes of at least 4 members (excludes halogenated alkanes) is 1. The van der Waals surface area contributed by atoms with Crippen molar-refractivity contribution in [2.24, 2.45) is 0 Å². The number of fused-ring (bicyclic) bond motifs is 1. The summed E-state index contributed by atoms with van der Waals surface area (Å²) in [6.07, 6.45) is 2.28. The maximum Gasteiger partial charge on any atom is 1.00 e. The molecule has 0 aromatic heterocycles. The van der Waals surface area contributed by atoms with Crippen LogP contribution < -0.4 is 48.4 Å². The van der Waals surface area contributed by atoms with Crippen molar-refractivity contribution in [2.45, 2.75) is 19.8 Å². The largest absolute Gasteiger partial charge is 1.00 e. The molecule has 0 amide bonds. The van der Waals surface area contributed by atoms with E-state index in [2.05, 4.69) is 62.4 Å². The Balaban J connectivity index is -0.000000252. The zero-order valence-electron chi connectivity index (χ0n) is 11.7. The fourth-order valence-corrected chi connectivity index (χ4v) is 1.13. The summed E-state index contributed by atoms with van der Waals surface area (Å²) in [6, 6.07) is 16.7. The summed E-state index contributed by atoms with van der Waals surface area (Å²) in [4.78, 5) is 0. The van der Waals surface area contributed by atoms with Crippen LogP contribution in [0, 0.1) is 6.92 Å². The minimum absolute atomic E-state index is 0. The summed E-state index contributed by atoms with van der Waals surface area (Å²) in [5.41, 5.74) is 0. The first-order valence-electron chi connectivity index (χ1n) is 5.11. The summed E-state index contributed by atoms with van der Waals surface area (Å²) in [5.74, 6) is 0. The molecule has 0 unspecified atom stereocenters. The van der Waals surface area contributed by atoms with E-state index >= 15 is 0 Å². The Morgan fingerprint density at radius 2 is 1.19 bits per heavy atom. The molecule has 0 saturated heterocycles. The molecule has 2 heteroatoms. The fourth-order valence-electron chi connectivity index (χ4n) is 1.13. The predicted octanol–water partition coefficient (Wildman–Crippen LogP) is -1.42. The molecule has 0 N–H and O–H groups in total. The van der Waals surface area contributed by atoms with Crippen LogP contribution in [0.15, 0.2) is 48.5 Å². The first-order valence-corrected chi connectivity index (χ1v) is 5.11. The van der Waals surface area contributed by atoms with Crippen LogP contribution >= 0.6 is 0 Å². The van der Waals surface area contributed by atoms with Gasteiger partial charge in [-0.2, -0.15) is 6.42 Å². The van der Waals surface area contributed by atoms with Crippen LogP contribution in [0.3, 0.4) is 0 Å². The molecule has 0 radical (unpaired) electrons. The van der Waals surface area contributed by atoms with Gasteiger partial charge in [-0.05, 0) is 10.8 Å². The molecule has 0 aliphatic rings. The monoisotopic (exact) mass is 216 g/mol. The standard InChI is InChI=1S/C10H8.C4H9.Li.Na.H/c1-2-6-10-8-4-3-7-9(10)5-1;1-3-4-2;;;/h1-8H;1,3-4H2,2H3;;;/q;-1;2*+1;-1. The molecule has 0 aliphatic carbocycles. The topological polar surface area (TPSA) is 0 Å². The van der Waals surface area contributed by atoms with Gasteiger partial charge in [0.25, 0.3) is 0 Å². The van der Waals surface area contributed by atoms with Crippen LogP contribution in [-0.4, -0.2) is 0 Å². The van der Waals surface area contributed by atoms with Gasteiger partial charge < -0.3 is 8.35 Å². The Labute approximate surface area is 135 Å². The molecule has 76 valence electrons. The van der Waals surface area contributed by atoms with E-state index in [-0.39, 0.29) is 49.8 Å². The van der Waals surface area contributed by atoms with Crippen molar-refractivity contribution in [3.05, 3.63) is 55.5 Å². The van der Waals surface area contributed by atoms with E-state index in [9.17, 15) is 0 Å². The van der Waals surface area contributed by atoms with Crippen LogP contribution in [0.2, 0.25) is 0 Å². The zero-order chi connectivity index (χ0) is 10.2. The maximum absolute atomic E-state index is 3.60. The van der Waals surface area contributed by atoms with Crippen molar-refractivity contribution in [3.63, 3.8) is 0 Å². The van der Waals surface area contributed by atoms with Crippen molar-refractivity contribution >= 4 is 10.8 Å². The van der Waals surface area contributed by atoms with E-state index in [0.29, 0.717) is 0 Å². The summed E-state index contributed by atoms with van der Waals surface area (Å²) in [5, 5.41) is 2.62. The first-order chi connectivity index (χ1) is 6.88. The van der Waals surface area contributed by atoms with E-state index in [0.717, 1.165) is 6.42 Å². The van der Waals surface area contributed by atoms with E-state index in [1.807, 2.05) is 0 Å². The van der Waals surface area contributed by atoms with Crippen molar-refractivity contribution in [1.29, 1.82) is 0 Å². The fraction of sp³-hybridized carbons (Fsp3) is 0.214. The molecule has 0 bridgehead atoms. The second kappa shape index (κ2) is 11.8. The summed E-state index contributed by atoms with van der Waals surface area (Å²) in [7, 11) is 0. The van der Waals surface area contributed by atoms with Crippen molar-refractivity contribution in [3.8, 4) is 0 Å². The molecule has 2 aromatic rings. The maximum atomic E-state index is 3.60. The van der Waals surface area contributed by atoms with Crippen LogP contribution in [0.5, 0.6) is 0 Å². The molecular formula is C14H18LiNa. The third kappa shape index (κ3) is 6.79. The molecule has 0 spiro atoms. The van der Waals surface area contributed by atoms with Crippen LogP contribution in [-0.2, 0) is 0 Å². The van der Waals surface area contributed by atoms with E-state index in [4.69, 9.17) is 0 Å². The predicted molar refractivity (Wildman–Crippen MR) is 65.3 cm³/mol. The van der Waals surface area contributed by atoms with Crippen LogP contribution in [0.25, 0.3) is 10.8 Å². The van der Waals surface area contributed by atoms with Gasteiger partial charge in [0, 0.05) is 0 Å². The Bertz CT molecular complexity index is 312. The number of benzene rings is 2. The zero-order valence-corrected chi connectivity index (χ0v) is 12.7. The Kier molecular flexibility index (Phi) is 13.7. The minimum Gasteiger partial charge on any atom is -1.00 e. The second-order valence-corrected chi connectivity index (χ2v) is 3.20.